The minimum absolute atomic E-state index is 0.192. The first-order chi connectivity index (χ1) is 8.65. The van der Waals surface area contributed by atoms with Crippen LogP contribution in [0.4, 0.5) is 5.69 Å². The lowest BCUT2D eigenvalue weighted by Gasteiger charge is -2.09. The van der Waals surface area contributed by atoms with E-state index in [1.54, 1.807) is 12.1 Å². The lowest BCUT2D eigenvalue weighted by Crippen LogP contribution is -2.07. The predicted molar refractivity (Wildman–Crippen MR) is 72.5 cm³/mol. The van der Waals surface area contributed by atoms with Crippen LogP contribution in [0.15, 0.2) is 18.2 Å². The van der Waals surface area contributed by atoms with Gasteiger partial charge in [-0.1, -0.05) is 24.4 Å². The molecule has 100 valence electrons. The van der Waals surface area contributed by atoms with Crippen molar-refractivity contribution in [1.29, 1.82) is 0 Å². The number of nitrogens with one attached hydrogen (secondary N) is 1. The molecule has 1 rings (SSSR count). The van der Waals surface area contributed by atoms with E-state index in [4.69, 9.17) is 21.8 Å². The van der Waals surface area contributed by atoms with Crippen molar-refractivity contribution in [2.24, 2.45) is 0 Å². The van der Waals surface area contributed by atoms with Crippen LogP contribution in [0, 0.1) is 0 Å². The zero-order valence-electron chi connectivity index (χ0n) is 10.2. The van der Waals surface area contributed by atoms with Gasteiger partial charge >= 0.3 is 5.97 Å². The first-order valence-corrected chi connectivity index (χ1v) is 6.40. The van der Waals surface area contributed by atoms with E-state index in [-0.39, 0.29) is 12.2 Å². The molecule has 5 heteroatoms. The molecule has 0 atom stereocenters. The lowest BCUT2D eigenvalue weighted by molar-refractivity contribution is 0.0698. The molecule has 1 aromatic carbocycles. The fraction of sp³-hybridized carbons (Fsp3) is 0.462. The maximum Gasteiger partial charge on any atom is 0.337 e. The number of hydrogen-bond donors (Lipinski definition) is 3. The second-order valence-electron chi connectivity index (χ2n) is 4.06. The van der Waals surface area contributed by atoms with E-state index in [1.165, 1.54) is 6.07 Å². The van der Waals surface area contributed by atoms with Crippen molar-refractivity contribution in [3.05, 3.63) is 28.8 Å². The second-order valence-corrected chi connectivity index (χ2v) is 4.50. The molecule has 0 aliphatic rings. The van der Waals surface area contributed by atoms with E-state index in [2.05, 4.69) is 5.32 Å². The van der Waals surface area contributed by atoms with Crippen LogP contribution >= 0.6 is 11.6 Å². The molecule has 0 amide bonds. The number of aliphatic hydroxyl groups is 1. The average molecular weight is 272 g/mol. The summed E-state index contributed by atoms with van der Waals surface area (Å²) in [6.45, 7) is 0.946. The van der Waals surface area contributed by atoms with Crippen LogP contribution in [-0.2, 0) is 0 Å². The van der Waals surface area contributed by atoms with E-state index in [0.29, 0.717) is 17.3 Å². The van der Waals surface area contributed by atoms with Gasteiger partial charge in [0.2, 0.25) is 0 Å². The summed E-state index contributed by atoms with van der Waals surface area (Å²) in [5, 5.41) is 21.2. The Hall–Kier alpha value is -1.26. The van der Waals surface area contributed by atoms with Crippen LogP contribution in [0.1, 0.15) is 36.0 Å². The highest BCUT2D eigenvalue weighted by Crippen LogP contribution is 2.20. The molecule has 1 aromatic rings. The van der Waals surface area contributed by atoms with Gasteiger partial charge in [0, 0.05) is 23.9 Å². The van der Waals surface area contributed by atoms with Gasteiger partial charge in [-0.2, -0.15) is 0 Å². The zero-order chi connectivity index (χ0) is 13.4. The molecular formula is C13H18ClNO3. The van der Waals surface area contributed by atoms with Crippen LogP contribution in [-0.4, -0.2) is 29.3 Å². The van der Waals surface area contributed by atoms with Crippen molar-refractivity contribution in [1.82, 2.24) is 0 Å². The smallest absolute Gasteiger partial charge is 0.337 e. The van der Waals surface area contributed by atoms with E-state index in [9.17, 15) is 4.79 Å². The third-order valence-electron chi connectivity index (χ3n) is 2.61. The number of anilines is 1. The summed E-state index contributed by atoms with van der Waals surface area (Å²) in [5.41, 5.74) is 0.784. The van der Waals surface area contributed by atoms with Crippen molar-refractivity contribution in [2.75, 3.05) is 18.5 Å². The normalized spacial score (nSPS) is 10.3. The Balaban J connectivity index is 2.44. The monoisotopic (exact) mass is 271 g/mol. The van der Waals surface area contributed by atoms with Crippen LogP contribution in [0.25, 0.3) is 0 Å². The SMILES string of the molecule is O=C(O)c1cc(Cl)ccc1NCCCCCCO. The predicted octanol–water partition coefficient (Wildman–Crippen LogP) is 3.00. The Morgan fingerprint density at radius 1 is 1.22 bits per heavy atom. The molecule has 0 unspecified atom stereocenters. The Morgan fingerprint density at radius 2 is 1.94 bits per heavy atom. The van der Waals surface area contributed by atoms with E-state index >= 15 is 0 Å². The van der Waals surface area contributed by atoms with Crippen molar-refractivity contribution < 1.29 is 15.0 Å². The van der Waals surface area contributed by atoms with E-state index < -0.39 is 5.97 Å². The van der Waals surface area contributed by atoms with Gasteiger partial charge in [0.1, 0.15) is 0 Å². The maximum atomic E-state index is 11.0. The standard InChI is InChI=1S/C13H18ClNO3/c14-10-5-6-12(11(9-10)13(17)18)15-7-3-1-2-4-8-16/h5-6,9,15-16H,1-4,7-8H2,(H,17,18). The zero-order valence-corrected chi connectivity index (χ0v) is 10.9. The molecule has 18 heavy (non-hydrogen) atoms. The highest BCUT2D eigenvalue weighted by molar-refractivity contribution is 6.31. The molecule has 0 bridgehead atoms. The molecule has 0 aliphatic carbocycles. The summed E-state index contributed by atoms with van der Waals surface area (Å²) in [6.07, 6.45) is 3.77. The fourth-order valence-electron chi connectivity index (χ4n) is 1.66. The number of carboxylic acids is 1. The van der Waals surface area contributed by atoms with E-state index in [1.807, 2.05) is 0 Å². The average Bonchev–Trinajstić information content (AvgIpc) is 2.35. The number of aliphatic hydroxyl groups excluding tert-OH is 1. The number of carboxylic acid groups (broad SMARTS) is 1. The van der Waals surface area contributed by atoms with Gasteiger partial charge in [0.15, 0.2) is 0 Å². The molecule has 0 spiro atoms. The molecule has 0 fully saturated rings. The second kappa shape index (κ2) is 7.95. The first kappa shape index (κ1) is 14.8. The van der Waals surface area contributed by atoms with Gasteiger partial charge < -0.3 is 15.5 Å². The van der Waals surface area contributed by atoms with Crippen LogP contribution in [0.5, 0.6) is 0 Å². The van der Waals surface area contributed by atoms with Crippen LogP contribution in [0.3, 0.4) is 0 Å². The van der Waals surface area contributed by atoms with E-state index in [0.717, 1.165) is 25.7 Å². The molecule has 3 N–H and O–H groups in total. The summed E-state index contributed by atoms with van der Waals surface area (Å²) < 4.78 is 0. The van der Waals surface area contributed by atoms with Crippen molar-refractivity contribution >= 4 is 23.3 Å². The molecule has 0 heterocycles. The Bertz CT molecular complexity index is 396. The largest absolute Gasteiger partial charge is 0.478 e. The van der Waals surface area contributed by atoms with Gasteiger partial charge in [-0.25, -0.2) is 4.79 Å². The van der Waals surface area contributed by atoms with Gasteiger partial charge in [-0.3, -0.25) is 0 Å². The number of benzene rings is 1. The molecule has 0 aliphatic heterocycles. The summed E-state index contributed by atoms with van der Waals surface area (Å²) in [4.78, 5) is 11.0. The third kappa shape index (κ3) is 4.94. The van der Waals surface area contributed by atoms with Crippen LogP contribution in [0.2, 0.25) is 5.02 Å². The summed E-state index contributed by atoms with van der Waals surface area (Å²) >= 11 is 5.76. The quantitative estimate of drug-likeness (QED) is 0.636. The lowest BCUT2D eigenvalue weighted by atomic mass is 10.1. The topological polar surface area (TPSA) is 69.6 Å². The number of aromatic carboxylic acids is 1. The highest BCUT2D eigenvalue weighted by Gasteiger charge is 2.09. The summed E-state index contributed by atoms with van der Waals surface area (Å²) in [6, 6.07) is 4.79. The maximum absolute atomic E-state index is 11.0. The minimum Gasteiger partial charge on any atom is -0.478 e. The first-order valence-electron chi connectivity index (χ1n) is 6.02. The van der Waals surface area contributed by atoms with Crippen molar-refractivity contribution in [3.8, 4) is 0 Å². The Labute approximate surface area is 112 Å². The van der Waals surface area contributed by atoms with Gasteiger partial charge in [0.25, 0.3) is 0 Å². The third-order valence-corrected chi connectivity index (χ3v) is 2.85. The molecule has 0 radical (unpaired) electrons. The fourth-order valence-corrected chi connectivity index (χ4v) is 1.83. The van der Waals surface area contributed by atoms with Gasteiger partial charge in [-0.15, -0.1) is 0 Å². The summed E-state index contributed by atoms with van der Waals surface area (Å²) in [7, 11) is 0. The number of unbranched alkanes of at least 4 members (excludes halogenated alkanes) is 3. The number of halogens is 1. The highest BCUT2D eigenvalue weighted by atomic mass is 35.5. The molecular weight excluding hydrogens is 254 g/mol. The molecule has 0 saturated heterocycles. The van der Waals surface area contributed by atoms with Gasteiger partial charge in [-0.05, 0) is 31.0 Å². The Morgan fingerprint density at radius 3 is 2.61 bits per heavy atom. The van der Waals surface area contributed by atoms with Gasteiger partial charge in [0.05, 0.1) is 5.56 Å². The Kier molecular flexibility index (Phi) is 6.54. The van der Waals surface area contributed by atoms with Crippen molar-refractivity contribution in [3.63, 3.8) is 0 Å². The minimum atomic E-state index is -0.986. The van der Waals surface area contributed by atoms with Crippen LogP contribution < -0.4 is 5.32 Å². The molecule has 0 saturated carbocycles. The number of hydrogen-bond acceptors (Lipinski definition) is 3. The summed E-state index contributed by atoms with van der Waals surface area (Å²) in [5.74, 6) is -0.986. The molecule has 0 aromatic heterocycles. The number of carbonyl (C=O) groups is 1. The number of rotatable bonds is 8. The molecule has 4 nitrogen and oxygen atoms in total. The van der Waals surface area contributed by atoms with Crippen molar-refractivity contribution in [2.45, 2.75) is 25.7 Å².